The van der Waals surface area contributed by atoms with E-state index in [9.17, 15) is 4.79 Å². The summed E-state index contributed by atoms with van der Waals surface area (Å²) in [5, 5.41) is 14.6. The highest BCUT2D eigenvalue weighted by molar-refractivity contribution is 7.98. The molecule has 0 radical (unpaired) electrons. The van der Waals surface area contributed by atoms with Gasteiger partial charge < -0.3 is 4.57 Å². The number of thioether (sulfide) groups is 1. The van der Waals surface area contributed by atoms with Crippen molar-refractivity contribution in [3.05, 3.63) is 57.0 Å². The number of rotatable bonds is 5. The van der Waals surface area contributed by atoms with E-state index in [1.54, 1.807) is 0 Å². The van der Waals surface area contributed by atoms with Crippen molar-refractivity contribution in [1.29, 1.82) is 0 Å². The van der Waals surface area contributed by atoms with Crippen LogP contribution in [0.4, 0.5) is 0 Å². The van der Waals surface area contributed by atoms with Crippen molar-refractivity contribution < 1.29 is 0 Å². The molecule has 1 aromatic carbocycles. The summed E-state index contributed by atoms with van der Waals surface area (Å²) < 4.78 is 3.45. The third-order valence-corrected chi connectivity index (χ3v) is 6.61. The van der Waals surface area contributed by atoms with Crippen LogP contribution < -0.4 is 5.56 Å². The number of hydrogen-bond acceptors (Lipinski definition) is 7. The van der Waals surface area contributed by atoms with Crippen LogP contribution in [0, 0.1) is 6.92 Å². The molecule has 0 atom stereocenters. The Hall–Kier alpha value is -2.52. The minimum Gasteiger partial charge on any atom is -0.302 e. The number of fused-ring (bicyclic) bond motifs is 1. The number of nitrogens with zero attached hydrogens (tertiary/aromatic N) is 6. The van der Waals surface area contributed by atoms with E-state index < -0.39 is 0 Å². The summed E-state index contributed by atoms with van der Waals surface area (Å²) >= 11 is 2.95. The SMILES string of the molecule is CCn1c(SCc2cc(=O)n3nc(C)sc3n2)nnc1-c1ccc(C(C)(C)C)cc1. The normalized spacial score (nSPS) is 12.0. The summed E-state index contributed by atoms with van der Waals surface area (Å²) in [5.41, 5.74) is 3.00. The monoisotopic (exact) mass is 440 g/mol. The van der Waals surface area contributed by atoms with Crippen LogP contribution >= 0.6 is 23.1 Å². The maximum absolute atomic E-state index is 12.3. The molecular formula is C21H24N6OS2. The lowest BCUT2D eigenvalue weighted by molar-refractivity contribution is 0.590. The second-order valence-corrected chi connectivity index (χ2v) is 10.2. The van der Waals surface area contributed by atoms with Gasteiger partial charge in [-0.25, -0.2) is 4.98 Å². The molecule has 9 heteroatoms. The van der Waals surface area contributed by atoms with Crippen molar-refractivity contribution >= 4 is 28.1 Å². The van der Waals surface area contributed by atoms with E-state index in [0.29, 0.717) is 10.7 Å². The Bertz CT molecular complexity index is 1250. The fraction of sp³-hybridized carbons (Fsp3) is 0.381. The molecule has 0 fully saturated rings. The molecule has 0 unspecified atom stereocenters. The summed E-state index contributed by atoms with van der Waals surface area (Å²) in [7, 11) is 0. The molecule has 3 heterocycles. The van der Waals surface area contributed by atoms with Gasteiger partial charge in [0.15, 0.2) is 11.0 Å². The van der Waals surface area contributed by atoms with E-state index in [1.165, 1.54) is 39.2 Å². The van der Waals surface area contributed by atoms with Crippen LogP contribution in [-0.2, 0) is 17.7 Å². The van der Waals surface area contributed by atoms with Crippen LogP contribution in [0.1, 0.15) is 44.0 Å². The highest BCUT2D eigenvalue weighted by atomic mass is 32.2. The first-order valence-electron chi connectivity index (χ1n) is 9.79. The van der Waals surface area contributed by atoms with Crippen LogP contribution in [0.2, 0.25) is 0 Å². The lowest BCUT2D eigenvalue weighted by Gasteiger charge is -2.19. The van der Waals surface area contributed by atoms with Crippen molar-refractivity contribution in [1.82, 2.24) is 29.4 Å². The van der Waals surface area contributed by atoms with Gasteiger partial charge in [-0.05, 0) is 24.8 Å². The number of benzene rings is 1. The van der Waals surface area contributed by atoms with Crippen LogP contribution in [0.25, 0.3) is 16.3 Å². The summed E-state index contributed by atoms with van der Waals surface area (Å²) in [6.07, 6.45) is 0. The Morgan fingerprint density at radius 1 is 1.13 bits per heavy atom. The molecule has 156 valence electrons. The van der Waals surface area contributed by atoms with Crippen LogP contribution in [0.5, 0.6) is 0 Å². The van der Waals surface area contributed by atoms with E-state index in [1.807, 2.05) is 6.92 Å². The minimum atomic E-state index is -0.156. The molecule has 0 aliphatic carbocycles. The highest BCUT2D eigenvalue weighted by Gasteiger charge is 2.17. The average Bonchev–Trinajstić information content (AvgIpc) is 3.28. The number of aryl methyl sites for hydroxylation is 1. The predicted molar refractivity (Wildman–Crippen MR) is 121 cm³/mol. The molecule has 0 saturated carbocycles. The van der Waals surface area contributed by atoms with E-state index in [4.69, 9.17) is 0 Å². The molecule has 0 aliphatic heterocycles. The van der Waals surface area contributed by atoms with Crippen LogP contribution in [0.3, 0.4) is 0 Å². The van der Waals surface area contributed by atoms with Gasteiger partial charge in [0.05, 0.1) is 5.69 Å². The summed E-state index contributed by atoms with van der Waals surface area (Å²) in [6.45, 7) is 11.3. The second-order valence-electron chi connectivity index (χ2n) is 8.07. The molecule has 4 aromatic rings. The zero-order chi connectivity index (χ0) is 21.5. The number of hydrogen-bond donors (Lipinski definition) is 0. The minimum absolute atomic E-state index is 0.112. The molecule has 0 spiro atoms. The van der Waals surface area contributed by atoms with Gasteiger partial charge >= 0.3 is 0 Å². The van der Waals surface area contributed by atoms with E-state index in [2.05, 4.69) is 76.8 Å². The quantitative estimate of drug-likeness (QED) is 0.430. The van der Waals surface area contributed by atoms with Crippen LogP contribution in [-0.4, -0.2) is 29.4 Å². The van der Waals surface area contributed by atoms with Crippen molar-refractivity contribution in [3.8, 4) is 11.4 Å². The first kappa shape index (κ1) is 20.7. The second kappa shape index (κ2) is 7.96. The summed E-state index contributed by atoms with van der Waals surface area (Å²) in [5.74, 6) is 1.39. The van der Waals surface area contributed by atoms with Gasteiger partial charge in [0, 0.05) is 23.9 Å². The maximum atomic E-state index is 12.3. The number of aromatic nitrogens is 6. The van der Waals surface area contributed by atoms with Crippen molar-refractivity contribution in [2.45, 2.75) is 57.5 Å². The highest BCUT2D eigenvalue weighted by Crippen LogP contribution is 2.28. The molecule has 3 aromatic heterocycles. The van der Waals surface area contributed by atoms with Crippen LogP contribution in [0.15, 0.2) is 40.3 Å². The maximum Gasteiger partial charge on any atom is 0.275 e. The first-order chi connectivity index (χ1) is 14.3. The zero-order valence-electron chi connectivity index (χ0n) is 17.7. The lowest BCUT2D eigenvalue weighted by Crippen LogP contribution is -2.15. The molecule has 0 amide bonds. The van der Waals surface area contributed by atoms with E-state index in [-0.39, 0.29) is 11.0 Å². The van der Waals surface area contributed by atoms with Crippen molar-refractivity contribution in [2.24, 2.45) is 0 Å². The molecule has 0 N–H and O–H groups in total. The molecular weight excluding hydrogens is 416 g/mol. The third-order valence-electron chi connectivity index (χ3n) is 4.79. The van der Waals surface area contributed by atoms with Gasteiger partial charge in [0.2, 0.25) is 4.96 Å². The molecule has 0 bridgehead atoms. The molecule has 4 rings (SSSR count). The molecule has 0 aliphatic rings. The fourth-order valence-corrected chi connectivity index (χ4v) is 4.84. The average molecular weight is 441 g/mol. The topological polar surface area (TPSA) is 78.0 Å². The van der Waals surface area contributed by atoms with Gasteiger partial charge in [-0.15, -0.1) is 10.2 Å². The first-order valence-corrected chi connectivity index (χ1v) is 11.6. The Kier molecular flexibility index (Phi) is 5.50. The van der Waals surface area contributed by atoms with Crippen molar-refractivity contribution in [3.63, 3.8) is 0 Å². The van der Waals surface area contributed by atoms with Gasteiger partial charge in [0.1, 0.15) is 5.01 Å². The third kappa shape index (κ3) is 4.04. The van der Waals surface area contributed by atoms with Gasteiger partial charge in [0.25, 0.3) is 5.56 Å². The fourth-order valence-electron chi connectivity index (χ4n) is 3.18. The van der Waals surface area contributed by atoms with E-state index >= 15 is 0 Å². The zero-order valence-corrected chi connectivity index (χ0v) is 19.3. The lowest BCUT2D eigenvalue weighted by atomic mass is 9.87. The van der Waals surface area contributed by atoms with Gasteiger partial charge in [-0.3, -0.25) is 4.79 Å². The Labute approximate surface area is 183 Å². The largest absolute Gasteiger partial charge is 0.302 e. The van der Waals surface area contributed by atoms with Crippen molar-refractivity contribution in [2.75, 3.05) is 0 Å². The smallest absolute Gasteiger partial charge is 0.275 e. The summed E-state index contributed by atoms with van der Waals surface area (Å²) in [6, 6.07) is 10.1. The standard InChI is InChI=1S/C21H24N6OS2/c1-6-26-18(14-7-9-15(10-8-14)21(3,4)5)23-24-20(26)29-12-16-11-17(28)27-19(22-16)30-13(2)25-27/h7-11H,6,12H2,1-5H3. The Morgan fingerprint density at radius 2 is 1.87 bits per heavy atom. The molecule has 30 heavy (non-hydrogen) atoms. The van der Waals surface area contributed by atoms with Gasteiger partial charge in [-0.2, -0.15) is 9.61 Å². The van der Waals surface area contributed by atoms with Gasteiger partial charge in [-0.1, -0.05) is 68.1 Å². The molecule has 0 saturated heterocycles. The molecule has 7 nitrogen and oxygen atoms in total. The summed E-state index contributed by atoms with van der Waals surface area (Å²) in [4.78, 5) is 17.4. The predicted octanol–water partition coefficient (Wildman–Crippen LogP) is 4.33. The Morgan fingerprint density at radius 3 is 2.53 bits per heavy atom. The Balaban J connectivity index is 1.58. The van der Waals surface area contributed by atoms with E-state index in [0.717, 1.165) is 33.8 Å².